The third-order valence-electron chi connectivity index (χ3n) is 1.43. The monoisotopic (exact) mass is 262 g/mol. The van der Waals surface area contributed by atoms with Crippen LogP contribution >= 0.6 is 0 Å². The Hall–Kier alpha value is -1.34. The number of rotatable bonds is 2. The van der Waals surface area contributed by atoms with Gasteiger partial charge in [0.1, 0.15) is 5.69 Å². The van der Waals surface area contributed by atoms with Crippen molar-refractivity contribution in [2.24, 2.45) is 5.84 Å². The average Bonchev–Trinajstić information content (AvgIpc) is 2.33. The molecule has 0 saturated heterocycles. The van der Waals surface area contributed by atoms with Gasteiger partial charge in [-0.1, -0.05) is 27.7 Å². The van der Waals surface area contributed by atoms with E-state index in [9.17, 15) is 8.42 Å². The maximum absolute atomic E-state index is 11.0. The van der Waals surface area contributed by atoms with Crippen molar-refractivity contribution in [3.63, 3.8) is 0 Å². The Morgan fingerprint density at radius 1 is 1.24 bits per heavy atom. The first-order chi connectivity index (χ1) is 7.93. The largest absolute Gasteiger partial charge is 0.397 e. The molecule has 0 saturated carbocycles. The van der Waals surface area contributed by atoms with Crippen molar-refractivity contribution in [2.45, 2.75) is 27.7 Å². The molecule has 100 valence electrons. The highest BCUT2D eigenvalue weighted by Gasteiger charge is 2.14. The summed E-state index contributed by atoms with van der Waals surface area (Å²) in [4.78, 5) is 3.71. The van der Waals surface area contributed by atoms with E-state index in [1.165, 1.54) is 18.5 Å². The summed E-state index contributed by atoms with van der Waals surface area (Å²) in [6, 6.07) is 1.47. The lowest BCUT2D eigenvalue weighted by atomic mass is 10.4. The van der Waals surface area contributed by atoms with E-state index in [2.05, 4.69) is 4.98 Å². The second-order valence-electron chi connectivity index (χ2n) is 2.49. The number of pyridine rings is 1. The molecule has 0 bridgehead atoms. The van der Waals surface area contributed by atoms with Gasteiger partial charge in [0.15, 0.2) is 0 Å². The number of nitrogen functional groups attached to an aromatic ring is 1. The van der Waals surface area contributed by atoms with Crippen molar-refractivity contribution in [1.29, 1.82) is 0 Å². The zero-order valence-corrected chi connectivity index (χ0v) is 11.8. The minimum absolute atomic E-state index is 0.171. The fourth-order valence-corrected chi connectivity index (χ4v) is 1.27. The molecule has 0 aromatic carbocycles. The SMILES string of the molecule is CC.CC.CS(=O)(=O)N(N)c1cnccc1N. The van der Waals surface area contributed by atoms with Gasteiger partial charge in [0.05, 0.1) is 18.1 Å². The molecule has 0 spiro atoms. The van der Waals surface area contributed by atoms with Crippen LogP contribution in [0.3, 0.4) is 0 Å². The Bertz CT molecular complexity index is 407. The quantitative estimate of drug-likeness (QED) is 0.618. The molecule has 0 unspecified atom stereocenters. The zero-order valence-electron chi connectivity index (χ0n) is 11.0. The highest BCUT2D eigenvalue weighted by Crippen LogP contribution is 2.19. The number of nitrogens with two attached hydrogens (primary N) is 2. The average molecular weight is 262 g/mol. The van der Waals surface area contributed by atoms with Crippen molar-refractivity contribution >= 4 is 21.4 Å². The van der Waals surface area contributed by atoms with Gasteiger partial charge in [0, 0.05) is 6.20 Å². The molecule has 0 fully saturated rings. The molecule has 0 atom stereocenters. The summed E-state index contributed by atoms with van der Waals surface area (Å²) in [5.74, 6) is 5.30. The number of anilines is 2. The van der Waals surface area contributed by atoms with E-state index in [0.29, 0.717) is 4.41 Å². The third-order valence-corrected chi connectivity index (χ3v) is 2.34. The Balaban J connectivity index is 0. The lowest BCUT2D eigenvalue weighted by Crippen LogP contribution is -2.37. The van der Waals surface area contributed by atoms with Gasteiger partial charge in [-0.25, -0.2) is 18.7 Å². The molecular weight excluding hydrogens is 240 g/mol. The van der Waals surface area contributed by atoms with Gasteiger partial charge in [0.2, 0.25) is 10.0 Å². The first-order valence-electron chi connectivity index (χ1n) is 5.37. The maximum atomic E-state index is 11.0. The van der Waals surface area contributed by atoms with E-state index in [1.807, 2.05) is 27.7 Å². The molecule has 1 heterocycles. The van der Waals surface area contributed by atoms with Crippen LogP contribution in [-0.4, -0.2) is 19.7 Å². The summed E-state index contributed by atoms with van der Waals surface area (Å²) in [5, 5.41) is 0. The summed E-state index contributed by atoms with van der Waals surface area (Å²) < 4.78 is 22.6. The Morgan fingerprint density at radius 2 is 1.71 bits per heavy atom. The number of nitrogens with zero attached hydrogens (tertiary/aromatic N) is 2. The predicted molar refractivity (Wildman–Crippen MR) is 72.9 cm³/mol. The first kappa shape index (κ1) is 18.0. The van der Waals surface area contributed by atoms with Gasteiger partial charge < -0.3 is 5.73 Å². The number of hydrazine groups is 1. The molecule has 0 aliphatic heterocycles. The minimum atomic E-state index is -3.49. The van der Waals surface area contributed by atoms with Gasteiger partial charge in [-0.3, -0.25) is 4.98 Å². The number of sulfonamides is 1. The standard InChI is InChI=1S/C6H10N4O2S.2C2H6/c1-13(11,12)10(8)6-4-9-3-2-5(6)7;2*1-2/h2-4H,8H2,1H3,(H2,7,9);2*1-2H3. The highest BCUT2D eigenvalue weighted by atomic mass is 32.2. The normalized spacial score (nSPS) is 9.29. The van der Waals surface area contributed by atoms with Gasteiger partial charge >= 0.3 is 0 Å². The molecule has 1 aromatic rings. The summed E-state index contributed by atoms with van der Waals surface area (Å²) in [7, 11) is -3.49. The fraction of sp³-hybridized carbons (Fsp3) is 0.500. The molecular formula is C10H22N4O2S. The molecule has 4 N–H and O–H groups in total. The fourth-order valence-electron chi connectivity index (χ4n) is 0.760. The topological polar surface area (TPSA) is 102 Å². The van der Waals surface area contributed by atoms with Crippen molar-refractivity contribution < 1.29 is 8.42 Å². The molecule has 17 heavy (non-hydrogen) atoms. The maximum Gasteiger partial charge on any atom is 0.245 e. The zero-order chi connectivity index (χ0) is 14.1. The number of hydrogen-bond acceptors (Lipinski definition) is 5. The highest BCUT2D eigenvalue weighted by molar-refractivity contribution is 7.92. The van der Waals surface area contributed by atoms with Crippen LogP contribution in [0.5, 0.6) is 0 Å². The van der Waals surface area contributed by atoms with Crippen LogP contribution in [0.4, 0.5) is 11.4 Å². The van der Waals surface area contributed by atoms with Crippen molar-refractivity contribution in [3.8, 4) is 0 Å². The van der Waals surface area contributed by atoms with Crippen LogP contribution in [0.15, 0.2) is 18.5 Å². The van der Waals surface area contributed by atoms with Crippen LogP contribution < -0.4 is 16.0 Å². The van der Waals surface area contributed by atoms with Crippen LogP contribution in [0, 0.1) is 0 Å². The molecule has 6 nitrogen and oxygen atoms in total. The molecule has 1 aromatic heterocycles. The van der Waals surface area contributed by atoms with Crippen molar-refractivity contribution in [3.05, 3.63) is 18.5 Å². The minimum Gasteiger partial charge on any atom is -0.397 e. The smallest absolute Gasteiger partial charge is 0.245 e. The lowest BCUT2D eigenvalue weighted by molar-refractivity contribution is 0.598. The second-order valence-corrected chi connectivity index (χ2v) is 4.35. The summed E-state index contributed by atoms with van der Waals surface area (Å²) in [5.41, 5.74) is 5.93. The Labute approximate surface area is 104 Å². The molecule has 0 radical (unpaired) electrons. The van der Waals surface area contributed by atoms with E-state index in [1.54, 1.807) is 0 Å². The van der Waals surface area contributed by atoms with E-state index >= 15 is 0 Å². The predicted octanol–water partition coefficient (Wildman–Crippen LogP) is 1.36. The van der Waals surface area contributed by atoms with Gasteiger partial charge in [-0.2, -0.15) is 0 Å². The lowest BCUT2D eigenvalue weighted by Gasteiger charge is -2.16. The van der Waals surface area contributed by atoms with Crippen LogP contribution in [-0.2, 0) is 10.0 Å². The molecule has 0 aliphatic carbocycles. The van der Waals surface area contributed by atoms with E-state index < -0.39 is 10.0 Å². The van der Waals surface area contributed by atoms with Crippen molar-refractivity contribution in [2.75, 3.05) is 16.4 Å². The van der Waals surface area contributed by atoms with E-state index in [-0.39, 0.29) is 11.4 Å². The van der Waals surface area contributed by atoms with Crippen LogP contribution in [0.25, 0.3) is 0 Å². The number of aromatic nitrogens is 1. The van der Waals surface area contributed by atoms with Crippen molar-refractivity contribution in [1.82, 2.24) is 4.98 Å². The van der Waals surface area contributed by atoms with Gasteiger partial charge in [-0.05, 0) is 6.07 Å². The molecule has 0 aliphatic rings. The van der Waals surface area contributed by atoms with Crippen LogP contribution in [0.2, 0.25) is 0 Å². The van der Waals surface area contributed by atoms with E-state index in [0.717, 1.165) is 6.26 Å². The second kappa shape index (κ2) is 8.77. The summed E-state index contributed by atoms with van der Waals surface area (Å²) in [6.45, 7) is 8.00. The molecule has 0 amide bonds. The molecule has 7 heteroatoms. The number of hydrogen-bond donors (Lipinski definition) is 2. The third kappa shape index (κ3) is 6.08. The van der Waals surface area contributed by atoms with Crippen LogP contribution in [0.1, 0.15) is 27.7 Å². The molecule has 1 rings (SSSR count). The Morgan fingerprint density at radius 3 is 2.06 bits per heavy atom. The summed E-state index contributed by atoms with van der Waals surface area (Å²) >= 11 is 0. The summed E-state index contributed by atoms with van der Waals surface area (Å²) in [6.07, 6.45) is 3.73. The van der Waals surface area contributed by atoms with Gasteiger partial charge in [-0.15, -0.1) is 0 Å². The van der Waals surface area contributed by atoms with E-state index in [4.69, 9.17) is 11.6 Å². The Kier molecular flexibility index (Phi) is 9.31. The first-order valence-corrected chi connectivity index (χ1v) is 7.22. The van der Waals surface area contributed by atoms with Gasteiger partial charge in [0.25, 0.3) is 0 Å².